The molecule has 45 heavy (non-hydrogen) atoms. The summed E-state index contributed by atoms with van der Waals surface area (Å²) in [6.45, 7) is 4.22. The van der Waals surface area contributed by atoms with Crippen LogP contribution in [0.3, 0.4) is 0 Å². The molecule has 0 spiro atoms. The molecule has 0 aliphatic carbocycles. The Morgan fingerprint density at radius 2 is 1.49 bits per heavy atom. The summed E-state index contributed by atoms with van der Waals surface area (Å²) in [6.07, 6.45) is 1.02. The number of ketones is 1. The molecule has 7 heteroatoms. The summed E-state index contributed by atoms with van der Waals surface area (Å²) in [7, 11) is 1.65. The highest BCUT2D eigenvalue weighted by Crippen LogP contribution is 2.38. The lowest BCUT2D eigenvalue weighted by atomic mass is 9.97. The van der Waals surface area contributed by atoms with Gasteiger partial charge in [-0.25, -0.2) is 4.98 Å². The van der Waals surface area contributed by atoms with Crippen LogP contribution in [0.1, 0.15) is 29.8 Å². The Morgan fingerprint density at radius 3 is 2.16 bits per heavy atom. The third kappa shape index (κ3) is 6.84. The van der Waals surface area contributed by atoms with Crippen LogP contribution >= 0.6 is 15.9 Å². The van der Waals surface area contributed by atoms with Crippen molar-refractivity contribution in [1.82, 2.24) is 4.98 Å². The molecule has 1 amide bonds. The Morgan fingerprint density at radius 1 is 0.844 bits per heavy atom. The monoisotopic (exact) mass is 660 g/mol. The van der Waals surface area contributed by atoms with E-state index >= 15 is 0 Å². The van der Waals surface area contributed by atoms with Gasteiger partial charge in [-0.05, 0) is 83.6 Å². The van der Waals surface area contributed by atoms with Crippen LogP contribution in [0.2, 0.25) is 0 Å². The average molecular weight is 662 g/mol. The summed E-state index contributed by atoms with van der Waals surface area (Å²) >= 11 is 3.41. The first-order chi connectivity index (χ1) is 21.8. The number of pyridine rings is 1. The second-order valence-corrected chi connectivity index (χ2v) is 12.4. The number of benzene rings is 4. The lowest BCUT2D eigenvalue weighted by Gasteiger charge is -2.29. The van der Waals surface area contributed by atoms with Gasteiger partial charge in [-0.1, -0.05) is 78.3 Å². The van der Waals surface area contributed by atoms with Crippen molar-refractivity contribution in [2.75, 3.05) is 25.2 Å². The standard InChI is InChI=1S/C38H33BrN2O4/c1-24(2)18-25-4-6-27(7-5-25)33-19-30(26-10-15-32(44-3)16-11-26)20-34(40-33)29-12-17-37-35(21-29)41(38(43)23-45-37)22-36(42)28-8-13-31(39)14-9-28/h4-17,19-21,24H,18,22-23H2,1-3H3. The maximum absolute atomic E-state index is 13.2. The van der Waals surface area contributed by atoms with Crippen molar-refractivity contribution in [2.45, 2.75) is 20.3 Å². The topological polar surface area (TPSA) is 68.7 Å². The van der Waals surface area contributed by atoms with Crippen molar-refractivity contribution >= 4 is 33.3 Å². The third-order valence-electron chi connectivity index (χ3n) is 7.81. The number of ether oxygens (including phenoxy) is 2. The number of hydrogen-bond donors (Lipinski definition) is 0. The zero-order chi connectivity index (χ0) is 31.5. The highest BCUT2D eigenvalue weighted by Gasteiger charge is 2.28. The van der Waals surface area contributed by atoms with Crippen LogP contribution in [0.15, 0.2) is 108 Å². The number of rotatable bonds is 9. The molecule has 5 aromatic rings. The van der Waals surface area contributed by atoms with Crippen molar-refractivity contribution in [1.29, 1.82) is 0 Å². The molecule has 0 saturated heterocycles. The summed E-state index contributed by atoms with van der Waals surface area (Å²) in [4.78, 5) is 32.9. The van der Waals surface area contributed by atoms with Crippen molar-refractivity contribution in [3.63, 3.8) is 0 Å². The van der Waals surface area contributed by atoms with Gasteiger partial charge in [0.2, 0.25) is 0 Å². The maximum atomic E-state index is 13.2. The smallest absolute Gasteiger partial charge is 0.265 e. The van der Waals surface area contributed by atoms with Crippen molar-refractivity contribution in [2.24, 2.45) is 5.92 Å². The predicted octanol–water partition coefficient (Wildman–Crippen LogP) is 8.66. The molecule has 0 atom stereocenters. The number of hydrogen-bond acceptors (Lipinski definition) is 5. The maximum Gasteiger partial charge on any atom is 0.265 e. The van der Waals surface area contributed by atoms with E-state index in [-0.39, 0.29) is 24.8 Å². The number of Topliss-reactive ketones (excluding diaryl/α,β-unsaturated/α-hetero) is 1. The fraction of sp³-hybridized carbons (Fsp3) is 0.184. The fourth-order valence-corrected chi connectivity index (χ4v) is 5.73. The molecule has 1 aliphatic rings. The van der Waals surface area contributed by atoms with Crippen LogP contribution in [0, 0.1) is 5.92 Å². The van der Waals surface area contributed by atoms with Crippen LogP contribution < -0.4 is 14.4 Å². The molecule has 6 rings (SSSR count). The first-order valence-electron chi connectivity index (χ1n) is 14.9. The van der Waals surface area contributed by atoms with Crippen LogP contribution in [0.5, 0.6) is 11.5 Å². The molecule has 0 bridgehead atoms. The molecular formula is C38H33BrN2O4. The van der Waals surface area contributed by atoms with Gasteiger partial charge in [0, 0.05) is 21.2 Å². The summed E-state index contributed by atoms with van der Waals surface area (Å²) in [5.41, 5.74) is 7.78. The van der Waals surface area contributed by atoms with E-state index in [0.29, 0.717) is 22.9 Å². The first kappa shape index (κ1) is 30.3. The van der Waals surface area contributed by atoms with Gasteiger partial charge in [-0.3, -0.25) is 14.5 Å². The van der Waals surface area contributed by atoms with Crippen molar-refractivity contribution in [3.8, 4) is 45.1 Å². The normalized spacial score (nSPS) is 12.6. The molecule has 1 aromatic heterocycles. The van der Waals surface area contributed by atoms with Crippen molar-refractivity contribution < 1.29 is 19.1 Å². The molecule has 0 fully saturated rings. The fourth-order valence-electron chi connectivity index (χ4n) is 5.46. The molecule has 0 saturated carbocycles. The third-order valence-corrected chi connectivity index (χ3v) is 8.34. The second kappa shape index (κ2) is 13.1. The molecule has 4 aromatic carbocycles. The summed E-state index contributed by atoms with van der Waals surface area (Å²) < 4.78 is 12.0. The van der Waals surface area contributed by atoms with Gasteiger partial charge in [0.1, 0.15) is 11.5 Å². The number of halogens is 1. The summed E-state index contributed by atoms with van der Waals surface area (Å²) in [5, 5.41) is 0. The van der Waals surface area contributed by atoms with E-state index in [2.05, 4.69) is 60.1 Å². The Bertz CT molecular complexity index is 1850. The zero-order valence-corrected chi connectivity index (χ0v) is 27.0. The van der Waals surface area contributed by atoms with Gasteiger partial charge < -0.3 is 9.47 Å². The SMILES string of the molecule is COc1ccc(-c2cc(-c3ccc(CC(C)C)cc3)nc(-c3ccc4c(c3)N(CC(=O)c3ccc(Br)cc3)C(=O)CO4)c2)cc1. The van der Waals surface area contributed by atoms with E-state index in [1.807, 2.05) is 60.7 Å². The first-order valence-corrected chi connectivity index (χ1v) is 15.7. The largest absolute Gasteiger partial charge is 0.497 e. The lowest BCUT2D eigenvalue weighted by molar-refractivity contribution is -0.121. The zero-order valence-electron chi connectivity index (χ0n) is 25.4. The number of fused-ring (bicyclic) bond motifs is 1. The quantitative estimate of drug-likeness (QED) is 0.148. The summed E-state index contributed by atoms with van der Waals surface area (Å²) in [5.74, 6) is 1.48. The summed E-state index contributed by atoms with van der Waals surface area (Å²) in [6, 6.07) is 33.5. The highest BCUT2D eigenvalue weighted by molar-refractivity contribution is 9.10. The van der Waals surface area contributed by atoms with Crippen LogP contribution in [-0.4, -0.2) is 36.9 Å². The van der Waals surface area contributed by atoms with Gasteiger partial charge in [-0.2, -0.15) is 0 Å². The van der Waals surface area contributed by atoms with E-state index in [0.717, 1.165) is 50.3 Å². The minimum atomic E-state index is -0.271. The second-order valence-electron chi connectivity index (χ2n) is 11.5. The van der Waals surface area contributed by atoms with E-state index in [1.165, 1.54) is 10.5 Å². The van der Waals surface area contributed by atoms with Gasteiger partial charge in [0.05, 0.1) is 30.7 Å². The van der Waals surface area contributed by atoms with Gasteiger partial charge in [0.15, 0.2) is 12.4 Å². The number of anilines is 1. The van der Waals surface area contributed by atoms with Crippen LogP contribution in [0.4, 0.5) is 5.69 Å². The van der Waals surface area contributed by atoms with Crippen LogP contribution in [-0.2, 0) is 11.2 Å². The molecule has 0 N–H and O–H groups in total. The minimum absolute atomic E-state index is 0.0897. The molecule has 6 nitrogen and oxygen atoms in total. The number of carbonyl (C=O) groups excluding carboxylic acids is 2. The lowest BCUT2D eigenvalue weighted by Crippen LogP contribution is -2.42. The molecule has 1 aliphatic heterocycles. The van der Waals surface area contributed by atoms with Gasteiger partial charge in [0.25, 0.3) is 5.91 Å². The van der Waals surface area contributed by atoms with E-state index < -0.39 is 0 Å². The number of nitrogens with zero attached hydrogens (tertiary/aromatic N) is 2. The number of carbonyl (C=O) groups is 2. The van der Waals surface area contributed by atoms with E-state index in [1.54, 1.807) is 19.2 Å². The average Bonchev–Trinajstić information content (AvgIpc) is 3.06. The van der Waals surface area contributed by atoms with E-state index in [9.17, 15) is 9.59 Å². The molecule has 0 unspecified atom stereocenters. The number of methoxy groups -OCH3 is 1. The Hall–Kier alpha value is -4.75. The Balaban J connectivity index is 1.40. The molecular weight excluding hydrogens is 628 g/mol. The number of aromatic nitrogens is 1. The highest BCUT2D eigenvalue weighted by atomic mass is 79.9. The molecule has 0 radical (unpaired) electrons. The molecule has 2 heterocycles. The Kier molecular flexibility index (Phi) is 8.80. The molecule has 226 valence electrons. The van der Waals surface area contributed by atoms with Crippen molar-refractivity contribution in [3.05, 3.63) is 119 Å². The Labute approximate surface area is 271 Å². The predicted molar refractivity (Wildman–Crippen MR) is 182 cm³/mol. The minimum Gasteiger partial charge on any atom is -0.497 e. The van der Waals surface area contributed by atoms with Gasteiger partial charge in [-0.15, -0.1) is 0 Å². The van der Waals surface area contributed by atoms with Gasteiger partial charge >= 0.3 is 0 Å². The number of amides is 1. The van der Waals surface area contributed by atoms with E-state index in [4.69, 9.17) is 14.5 Å². The van der Waals surface area contributed by atoms with Crippen LogP contribution in [0.25, 0.3) is 33.6 Å².